The van der Waals surface area contributed by atoms with Gasteiger partial charge in [-0.3, -0.25) is 14.9 Å². The molecule has 0 saturated heterocycles. The van der Waals surface area contributed by atoms with Crippen molar-refractivity contribution in [3.63, 3.8) is 0 Å². The van der Waals surface area contributed by atoms with E-state index in [0.717, 1.165) is 10.5 Å². The Morgan fingerprint density at radius 1 is 1.22 bits per heavy atom. The summed E-state index contributed by atoms with van der Waals surface area (Å²) in [7, 11) is 0. The SMILES string of the molecule is Cc1ccc(S[C@H](C)C(=O)Nc2cccc([N+](=O)[O-])c2)c(C)c1. The van der Waals surface area contributed by atoms with Gasteiger partial charge < -0.3 is 5.32 Å². The van der Waals surface area contributed by atoms with E-state index >= 15 is 0 Å². The van der Waals surface area contributed by atoms with E-state index in [1.165, 1.54) is 29.5 Å². The summed E-state index contributed by atoms with van der Waals surface area (Å²) in [6.07, 6.45) is 0. The zero-order valence-electron chi connectivity index (χ0n) is 13.2. The first-order valence-electron chi connectivity index (χ1n) is 7.16. The van der Waals surface area contributed by atoms with Crippen molar-refractivity contribution in [3.05, 3.63) is 63.7 Å². The summed E-state index contributed by atoms with van der Waals surface area (Å²) in [4.78, 5) is 23.6. The van der Waals surface area contributed by atoms with Crippen molar-refractivity contribution < 1.29 is 9.72 Å². The van der Waals surface area contributed by atoms with E-state index in [1.54, 1.807) is 12.1 Å². The first-order chi connectivity index (χ1) is 10.9. The van der Waals surface area contributed by atoms with Gasteiger partial charge in [0.15, 0.2) is 0 Å². The van der Waals surface area contributed by atoms with Crippen LogP contribution in [0.25, 0.3) is 0 Å². The van der Waals surface area contributed by atoms with Gasteiger partial charge in [-0.1, -0.05) is 23.8 Å². The summed E-state index contributed by atoms with van der Waals surface area (Å²) < 4.78 is 0. The molecule has 0 bridgehead atoms. The third-order valence-electron chi connectivity index (χ3n) is 3.33. The minimum Gasteiger partial charge on any atom is -0.325 e. The van der Waals surface area contributed by atoms with Gasteiger partial charge in [-0.2, -0.15) is 0 Å². The fourth-order valence-corrected chi connectivity index (χ4v) is 3.05. The van der Waals surface area contributed by atoms with E-state index in [4.69, 9.17) is 0 Å². The molecule has 0 saturated carbocycles. The van der Waals surface area contributed by atoms with Crippen LogP contribution in [0.5, 0.6) is 0 Å². The van der Waals surface area contributed by atoms with Crippen LogP contribution in [0.1, 0.15) is 18.1 Å². The van der Waals surface area contributed by atoms with Crippen molar-refractivity contribution in [2.45, 2.75) is 30.9 Å². The number of non-ortho nitro benzene ring substituents is 1. The number of carbonyl (C=O) groups is 1. The fourth-order valence-electron chi connectivity index (χ4n) is 2.12. The minimum atomic E-state index is -0.483. The van der Waals surface area contributed by atoms with Crippen molar-refractivity contribution >= 4 is 29.0 Å². The molecular formula is C17H18N2O3S. The summed E-state index contributed by atoms with van der Waals surface area (Å²) in [6, 6.07) is 12.0. The quantitative estimate of drug-likeness (QED) is 0.503. The number of anilines is 1. The highest BCUT2D eigenvalue weighted by Gasteiger charge is 2.16. The molecule has 2 aromatic rings. The highest BCUT2D eigenvalue weighted by Crippen LogP contribution is 2.28. The third-order valence-corrected chi connectivity index (χ3v) is 4.61. The van der Waals surface area contributed by atoms with Gasteiger partial charge in [0.1, 0.15) is 0 Å². The van der Waals surface area contributed by atoms with Crippen LogP contribution in [0.2, 0.25) is 0 Å². The summed E-state index contributed by atoms with van der Waals surface area (Å²) >= 11 is 1.47. The van der Waals surface area contributed by atoms with E-state index in [1.807, 2.05) is 32.9 Å². The molecule has 0 aromatic heterocycles. The lowest BCUT2D eigenvalue weighted by atomic mass is 10.2. The van der Waals surface area contributed by atoms with Gasteiger partial charge in [-0.15, -0.1) is 11.8 Å². The largest absolute Gasteiger partial charge is 0.325 e. The lowest BCUT2D eigenvalue weighted by molar-refractivity contribution is -0.384. The minimum absolute atomic E-state index is 0.0440. The van der Waals surface area contributed by atoms with Gasteiger partial charge in [0, 0.05) is 22.7 Å². The number of carbonyl (C=O) groups excluding carboxylic acids is 1. The summed E-state index contributed by atoms with van der Waals surface area (Å²) in [5.74, 6) is -0.185. The van der Waals surface area contributed by atoms with Crippen LogP contribution >= 0.6 is 11.8 Å². The van der Waals surface area contributed by atoms with Crippen LogP contribution in [-0.2, 0) is 4.79 Å². The Kier molecular flexibility index (Phi) is 5.39. The number of thioether (sulfide) groups is 1. The third kappa shape index (κ3) is 4.56. The molecular weight excluding hydrogens is 312 g/mol. The van der Waals surface area contributed by atoms with Crippen LogP contribution in [0, 0.1) is 24.0 Å². The Morgan fingerprint density at radius 2 is 1.96 bits per heavy atom. The Hall–Kier alpha value is -2.34. The second kappa shape index (κ2) is 7.28. The summed E-state index contributed by atoms with van der Waals surface area (Å²) in [5.41, 5.74) is 2.69. The number of rotatable bonds is 5. The molecule has 120 valence electrons. The number of nitrogens with zero attached hydrogens (tertiary/aromatic N) is 1. The molecule has 1 atom stereocenters. The molecule has 0 aliphatic carbocycles. The first-order valence-corrected chi connectivity index (χ1v) is 8.04. The number of nitro benzene ring substituents is 1. The van der Waals surface area contributed by atoms with Gasteiger partial charge in [0.05, 0.1) is 10.2 Å². The van der Waals surface area contributed by atoms with Crippen LogP contribution < -0.4 is 5.32 Å². The topological polar surface area (TPSA) is 72.2 Å². The van der Waals surface area contributed by atoms with Crippen LogP contribution in [0.4, 0.5) is 11.4 Å². The van der Waals surface area contributed by atoms with Gasteiger partial charge >= 0.3 is 0 Å². The number of aryl methyl sites for hydroxylation is 2. The maximum Gasteiger partial charge on any atom is 0.271 e. The maximum atomic E-state index is 12.3. The smallest absolute Gasteiger partial charge is 0.271 e. The van der Waals surface area contributed by atoms with Gasteiger partial charge in [0.2, 0.25) is 5.91 Å². The molecule has 0 heterocycles. The predicted molar refractivity (Wildman–Crippen MR) is 93.0 cm³/mol. The predicted octanol–water partition coefficient (Wildman–Crippen LogP) is 4.33. The molecule has 1 N–H and O–H groups in total. The molecule has 0 aliphatic rings. The van der Waals surface area contributed by atoms with Crippen molar-refractivity contribution in [3.8, 4) is 0 Å². The van der Waals surface area contributed by atoms with E-state index < -0.39 is 4.92 Å². The van der Waals surface area contributed by atoms with Gasteiger partial charge in [-0.25, -0.2) is 0 Å². The monoisotopic (exact) mass is 330 g/mol. The average molecular weight is 330 g/mol. The van der Waals surface area contributed by atoms with Crippen molar-refractivity contribution in [1.82, 2.24) is 0 Å². The highest BCUT2D eigenvalue weighted by atomic mass is 32.2. The summed E-state index contributed by atoms with van der Waals surface area (Å²) in [5, 5.41) is 13.2. The normalized spacial score (nSPS) is 11.8. The van der Waals surface area contributed by atoms with Crippen LogP contribution in [-0.4, -0.2) is 16.1 Å². The summed E-state index contributed by atoms with van der Waals surface area (Å²) in [6.45, 7) is 5.86. The zero-order valence-corrected chi connectivity index (χ0v) is 14.0. The van der Waals surface area contributed by atoms with Crippen LogP contribution in [0.15, 0.2) is 47.4 Å². The van der Waals surface area contributed by atoms with Crippen LogP contribution in [0.3, 0.4) is 0 Å². The number of amides is 1. The molecule has 2 rings (SSSR count). The Morgan fingerprint density at radius 3 is 2.61 bits per heavy atom. The maximum absolute atomic E-state index is 12.3. The lowest BCUT2D eigenvalue weighted by Crippen LogP contribution is -2.22. The Balaban J connectivity index is 2.05. The lowest BCUT2D eigenvalue weighted by Gasteiger charge is -2.13. The number of hydrogen-bond donors (Lipinski definition) is 1. The van der Waals surface area contributed by atoms with Crippen molar-refractivity contribution in [2.24, 2.45) is 0 Å². The van der Waals surface area contributed by atoms with Crippen molar-refractivity contribution in [1.29, 1.82) is 0 Å². The van der Waals surface area contributed by atoms with Gasteiger partial charge in [-0.05, 0) is 38.5 Å². The van der Waals surface area contributed by atoms with E-state index in [9.17, 15) is 14.9 Å². The molecule has 5 nitrogen and oxygen atoms in total. The molecule has 0 spiro atoms. The molecule has 6 heteroatoms. The van der Waals surface area contributed by atoms with E-state index in [2.05, 4.69) is 11.4 Å². The highest BCUT2D eigenvalue weighted by molar-refractivity contribution is 8.00. The van der Waals surface area contributed by atoms with E-state index in [-0.39, 0.29) is 16.8 Å². The number of nitro groups is 1. The second-order valence-corrected chi connectivity index (χ2v) is 6.71. The molecule has 2 aromatic carbocycles. The van der Waals surface area contributed by atoms with E-state index in [0.29, 0.717) is 5.69 Å². The molecule has 23 heavy (non-hydrogen) atoms. The number of hydrogen-bond acceptors (Lipinski definition) is 4. The second-order valence-electron chi connectivity index (χ2n) is 5.33. The Labute approximate surface area is 139 Å². The molecule has 0 unspecified atom stereocenters. The van der Waals surface area contributed by atoms with Gasteiger partial charge in [0.25, 0.3) is 5.69 Å². The average Bonchev–Trinajstić information content (AvgIpc) is 2.50. The fraction of sp³-hybridized carbons (Fsp3) is 0.235. The van der Waals surface area contributed by atoms with Crippen molar-refractivity contribution in [2.75, 3.05) is 5.32 Å². The Bertz CT molecular complexity index is 746. The number of benzene rings is 2. The zero-order chi connectivity index (χ0) is 17.0. The first kappa shape index (κ1) is 17.0. The standard InChI is InChI=1S/C17H18N2O3S/c1-11-7-8-16(12(2)9-11)23-13(3)17(20)18-14-5-4-6-15(10-14)19(21)22/h4-10,13H,1-3H3,(H,18,20)/t13-/m1/s1. The molecule has 0 aliphatic heterocycles. The molecule has 0 fully saturated rings. The molecule has 0 radical (unpaired) electrons. The number of nitrogens with one attached hydrogen (secondary N) is 1. The molecule has 1 amide bonds.